The third-order valence-electron chi connectivity index (χ3n) is 5.45. The second kappa shape index (κ2) is 9.24. The second-order valence-corrected chi connectivity index (χ2v) is 8.22. The highest BCUT2D eigenvalue weighted by Crippen LogP contribution is 2.40. The van der Waals surface area contributed by atoms with Gasteiger partial charge in [0.2, 0.25) is 0 Å². The van der Waals surface area contributed by atoms with Gasteiger partial charge in [-0.2, -0.15) is 0 Å². The molecule has 0 spiro atoms. The lowest BCUT2D eigenvalue weighted by Gasteiger charge is -2.25. The van der Waals surface area contributed by atoms with Gasteiger partial charge in [0.1, 0.15) is 11.5 Å². The van der Waals surface area contributed by atoms with Crippen LogP contribution in [0.4, 0.5) is 0 Å². The molecular weight excluding hydrogens is 418 g/mol. The number of aromatic nitrogens is 2. The number of amides is 1. The van der Waals surface area contributed by atoms with E-state index in [1.54, 1.807) is 61.2 Å². The Balaban J connectivity index is 1.81. The van der Waals surface area contributed by atoms with Crippen LogP contribution < -0.4 is 4.74 Å². The third kappa shape index (κ3) is 4.48. The first-order chi connectivity index (χ1) is 15.9. The highest BCUT2D eigenvalue weighted by Gasteiger charge is 2.46. The topological polar surface area (TPSA) is 92.6 Å². The van der Waals surface area contributed by atoms with E-state index in [9.17, 15) is 14.7 Å². The molecule has 0 bridgehead atoms. The SMILES string of the molecule is Cc1cc(C(O)=C2C(=O)C(=O)N(Cc3cccnc3)C2c2ccncc2)ccc1OC(C)C. The van der Waals surface area contributed by atoms with Crippen molar-refractivity contribution in [2.24, 2.45) is 0 Å². The Labute approximate surface area is 192 Å². The van der Waals surface area contributed by atoms with Crippen molar-refractivity contribution in [1.82, 2.24) is 14.9 Å². The smallest absolute Gasteiger partial charge is 0.295 e. The van der Waals surface area contributed by atoms with Gasteiger partial charge in [-0.1, -0.05) is 6.07 Å². The fourth-order valence-corrected chi connectivity index (χ4v) is 3.96. The minimum atomic E-state index is -0.750. The third-order valence-corrected chi connectivity index (χ3v) is 5.45. The van der Waals surface area contributed by atoms with Crippen molar-refractivity contribution in [3.05, 3.63) is 95.1 Å². The van der Waals surface area contributed by atoms with Gasteiger partial charge in [0.05, 0.1) is 17.7 Å². The fraction of sp³-hybridized carbons (Fsp3) is 0.231. The van der Waals surface area contributed by atoms with E-state index < -0.39 is 17.7 Å². The number of likely N-dealkylation sites (tertiary alicyclic amines) is 1. The second-order valence-electron chi connectivity index (χ2n) is 8.22. The number of carbonyl (C=O) groups excluding carboxylic acids is 2. The van der Waals surface area contributed by atoms with Gasteiger partial charge in [-0.3, -0.25) is 19.6 Å². The highest BCUT2D eigenvalue weighted by molar-refractivity contribution is 6.46. The van der Waals surface area contributed by atoms with Crippen LogP contribution in [0.5, 0.6) is 5.75 Å². The van der Waals surface area contributed by atoms with Crippen molar-refractivity contribution < 1.29 is 19.4 Å². The van der Waals surface area contributed by atoms with E-state index in [-0.39, 0.29) is 24.0 Å². The first kappa shape index (κ1) is 22.2. The molecule has 3 aromatic rings. The number of pyridine rings is 2. The molecule has 1 N–H and O–H groups in total. The number of ketones is 1. The Morgan fingerprint density at radius 2 is 1.85 bits per heavy atom. The number of ether oxygens (including phenoxy) is 1. The van der Waals surface area contributed by atoms with Crippen molar-refractivity contribution in [2.45, 2.75) is 39.5 Å². The summed E-state index contributed by atoms with van der Waals surface area (Å²) in [7, 11) is 0. The number of hydrogen-bond donors (Lipinski definition) is 1. The summed E-state index contributed by atoms with van der Waals surface area (Å²) in [6, 6.07) is 11.6. The molecule has 168 valence electrons. The van der Waals surface area contributed by atoms with E-state index >= 15 is 0 Å². The van der Waals surface area contributed by atoms with Crippen LogP contribution in [0.15, 0.2) is 72.8 Å². The summed E-state index contributed by atoms with van der Waals surface area (Å²) < 4.78 is 5.78. The van der Waals surface area contributed by atoms with E-state index in [1.807, 2.05) is 26.8 Å². The largest absolute Gasteiger partial charge is 0.507 e. The van der Waals surface area contributed by atoms with E-state index in [0.29, 0.717) is 16.9 Å². The predicted octanol–water partition coefficient (Wildman–Crippen LogP) is 4.19. The summed E-state index contributed by atoms with van der Waals surface area (Å²) in [4.78, 5) is 35.8. The van der Waals surface area contributed by atoms with Crippen LogP contribution in [0.3, 0.4) is 0 Å². The molecule has 7 nitrogen and oxygen atoms in total. The van der Waals surface area contributed by atoms with Gasteiger partial charge in [-0.25, -0.2) is 0 Å². The summed E-state index contributed by atoms with van der Waals surface area (Å²) >= 11 is 0. The van der Waals surface area contributed by atoms with E-state index in [0.717, 1.165) is 11.1 Å². The molecule has 1 aliphatic rings. The lowest BCUT2D eigenvalue weighted by Crippen LogP contribution is -2.29. The average Bonchev–Trinajstić information content (AvgIpc) is 3.06. The monoisotopic (exact) mass is 443 g/mol. The normalized spacial score (nSPS) is 17.6. The molecule has 1 saturated heterocycles. The summed E-state index contributed by atoms with van der Waals surface area (Å²) in [5.74, 6) is -0.913. The molecule has 1 fully saturated rings. The lowest BCUT2D eigenvalue weighted by molar-refractivity contribution is -0.140. The number of aliphatic hydroxyl groups excluding tert-OH is 1. The number of rotatable bonds is 6. The van der Waals surface area contributed by atoms with Crippen LogP contribution in [0, 0.1) is 6.92 Å². The van der Waals surface area contributed by atoms with Crippen molar-refractivity contribution >= 4 is 17.4 Å². The number of hydrogen-bond acceptors (Lipinski definition) is 6. The number of benzene rings is 1. The standard InChI is InChI=1S/C26H25N3O4/c1-16(2)33-21-7-6-20(13-17(21)3)24(30)22-23(19-8-11-27-12-9-19)29(26(32)25(22)31)15-18-5-4-10-28-14-18/h4-14,16,23,30H,15H2,1-3H3. The minimum Gasteiger partial charge on any atom is -0.507 e. The van der Waals surface area contributed by atoms with Gasteiger partial charge in [0, 0.05) is 36.9 Å². The summed E-state index contributed by atoms with van der Waals surface area (Å²) in [5, 5.41) is 11.2. The van der Waals surface area contributed by atoms with Gasteiger partial charge in [-0.05, 0) is 73.9 Å². The van der Waals surface area contributed by atoms with E-state index in [2.05, 4.69) is 9.97 Å². The number of aryl methyl sites for hydroxylation is 1. The molecule has 0 saturated carbocycles. The van der Waals surface area contributed by atoms with Crippen LogP contribution >= 0.6 is 0 Å². The van der Waals surface area contributed by atoms with Crippen LogP contribution in [-0.2, 0) is 16.1 Å². The molecule has 4 rings (SSSR count). The van der Waals surface area contributed by atoms with Gasteiger partial charge in [0.15, 0.2) is 0 Å². The Morgan fingerprint density at radius 3 is 2.48 bits per heavy atom. The molecule has 33 heavy (non-hydrogen) atoms. The van der Waals surface area contributed by atoms with Crippen molar-refractivity contribution in [3.8, 4) is 5.75 Å². The fourth-order valence-electron chi connectivity index (χ4n) is 3.96. The molecule has 1 aliphatic heterocycles. The Bertz CT molecular complexity index is 1210. The molecule has 7 heteroatoms. The van der Waals surface area contributed by atoms with Crippen LogP contribution in [0.2, 0.25) is 0 Å². The molecule has 0 radical (unpaired) electrons. The lowest BCUT2D eigenvalue weighted by atomic mass is 9.95. The Kier molecular flexibility index (Phi) is 6.22. The quantitative estimate of drug-likeness (QED) is 0.349. The predicted molar refractivity (Wildman–Crippen MR) is 123 cm³/mol. The Morgan fingerprint density at radius 1 is 1.09 bits per heavy atom. The average molecular weight is 444 g/mol. The van der Waals surface area contributed by atoms with E-state index in [4.69, 9.17) is 4.74 Å². The number of carbonyl (C=O) groups is 2. The molecular formula is C26H25N3O4. The minimum absolute atomic E-state index is 0.00707. The highest BCUT2D eigenvalue weighted by atomic mass is 16.5. The zero-order chi connectivity index (χ0) is 23.5. The van der Waals surface area contributed by atoms with Gasteiger partial charge >= 0.3 is 0 Å². The van der Waals surface area contributed by atoms with Crippen LogP contribution in [-0.4, -0.2) is 37.8 Å². The first-order valence-corrected chi connectivity index (χ1v) is 10.7. The maximum Gasteiger partial charge on any atom is 0.295 e. The number of nitrogens with zero attached hydrogens (tertiary/aromatic N) is 3. The van der Waals surface area contributed by atoms with Crippen molar-refractivity contribution in [1.29, 1.82) is 0 Å². The van der Waals surface area contributed by atoms with Gasteiger partial charge < -0.3 is 14.7 Å². The Hall–Kier alpha value is -4.00. The van der Waals surface area contributed by atoms with Crippen molar-refractivity contribution in [3.63, 3.8) is 0 Å². The number of aliphatic hydroxyl groups is 1. The molecule has 1 unspecified atom stereocenters. The maximum atomic E-state index is 13.1. The summed E-state index contributed by atoms with van der Waals surface area (Å²) in [5.41, 5.74) is 2.78. The molecule has 1 aromatic carbocycles. The van der Waals surface area contributed by atoms with E-state index in [1.165, 1.54) is 4.90 Å². The number of Topliss-reactive ketones (excluding diaryl/α,β-unsaturated/α-hetero) is 1. The van der Waals surface area contributed by atoms with Gasteiger partial charge in [-0.15, -0.1) is 0 Å². The van der Waals surface area contributed by atoms with Gasteiger partial charge in [0.25, 0.3) is 11.7 Å². The zero-order valence-corrected chi connectivity index (χ0v) is 18.7. The van der Waals surface area contributed by atoms with Crippen LogP contribution in [0.25, 0.3) is 5.76 Å². The molecule has 0 aliphatic carbocycles. The zero-order valence-electron chi connectivity index (χ0n) is 18.7. The first-order valence-electron chi connectivity index (χ1n) is 10.7. The molecule has 1 atom stereocenters. The molecule has 1 amide bonds. The van der Waals surface area contributed by atoms with Crippen molar-refractivity contribution in [2.75, 3.05) is 0 Å². The summed E-state index contributed by atoms with van der Waals surface area (Å²) in [6.07, 6.45) is 6.50. The summed E-state index contributed by atoms with van der Waals surface area (Å²) in [6.45, 7) is 5.93. The molecule has 3 heterocycles. The van der Waals surface area contributed by atoms with Crippen LogP contribution in [0.1, 0.15) is 42.1 Å². The molecule has 2 aromatic heterocycles. The maximum absolute atomic E-state index is 13.1.